The van der Waals surface area contributed by atoms with Gasteiger partial charge in [-0.2, -0.15) is 4.31 Å². The Morgan fingerprint density at radius 2 is 2.00 bits per heavy atom. The molecule has 1 aliphatic rings. The Kier molecular flexibility index (Phi) is 6.06. The van der Waals surface area contributed by atoms with Crippen LogP contribution in [-0.4, -0.2) is 45.0 Å². The van der Waals surface area contributed by atoms with E-state index in [2.05, 4.69) is 10.6 Å². The van der Waals surface area contributed by atoms with Crippen LogP contribution in [0.5, 0.6) is 5.75 Å². The first-order valence-corrected chi connectivity index (χ1v) is 9.58. The molecule has 1 aliphatic heterocycles. The zero-order chi connectivity index (χ0) is 17.7. The lowest BCUT2D eigenvalue weighted by atomic mass is 10.2. The minimum atomic E-state index is -3.54. The van der Waals surface area contributed by atoms with Gasteiger partial charge in [0, 0.05) is 19.1 Å². The normalized spacial score (nSPS) is 16.6. The summed E-state index contributed by atoms with van der Waals surface area (Å²) in [5.74, 6) is 0.412. The SMILES string of the molecule is CCC(C)NC(=O)Nc1cc(S(=O)(=O)N2CCCC2)ccc1OC. The van der Waals surface area contributed by atoms with Gasteiger partial charge < -0.3 is 15.4 Å². The second kappa shape index (κ2) is 7.85. The molecule has 8 heteroatoms. The van der Waals surface area contributed by atoms with Gasteiger partial charge in [0.25, 0.3) is 0 Å². The molecule has 1 aromatic rings. The summed E-state index contributed by atoms with van der Waals surface area (Å²) in [4.78, 5) is 12.2. The minimum absolute atomic E-state index is 0.0208. The van der Waals surface area contributed by atoms with Crippen LogP contribution < -0.4 is 15.4 Å². The van der Waals surface area contributed by atoms with Crippen molar-refractivity contribution in [3.8, 4) is 5.75 Å². The van der Waals surface area contributed by atoms with Crippen molar-refractivity contribution in [3.63, 3.8) is 0 Å². The van der Waals surface area contributed by atoms with Gasteiger partial charge in [0.2, 0.25) is 10.0 Å². The molecule has 1 atom stereocenters. The summed E-state index contributed by atoms with van der Waals surface area (Å²) in [7, 11) is -2.07. The summed E-state index contributed by atoms with van der Waals surface area (Å²) in [5.41, 5.74) is 0.332. The highest BCUT2D eigenvalue weighted by atomic mass is 32.2. The van der Waals surface area contributed by atoms with Gasteiger partial charge in [0.15, 0.2) is 0 Å². The monoisotopic (exact) mass is 355 g/mol. The smallest absolute Gasteiger partial charge is 0.319 e. The van der Waals surface area contributed by atoms with Crippen LogP contribution in [-0.2, 0) is 10.0 Å². The van der Waals surface area contributed by atoms with Crippen LogP contribution in [0.2, 0.25) is 0 Å². The lowest BCUT2D eigenvalue weighted by molar-refractivity contribution is 0.249. The summed E-state index contributed by atoms with van der Waals surface area (Å²) in [6.45, 7) is 4.93. The summed E-state index contributed by atoms with van der Waals surface area (Å²) >= 11 is 0. The number of urea groups is 1. The molecule has 1 heterocycles. The predicted molar refractivity (Wildman–Crippen MR) is 92.9 cm³/mol. The standard InChI is InChI=1S/C16H25N3O4S/c1-4-12(2)17-16(20)18-14-11-13(7-8-15(14)23-3)24(21,22)19-9-5-6-10-19/h7-8,11-12H,4-6,9-10H2,1-3H3,(H2,17,18,20). The largest absolute Gasteiger partial charge is 0.495 e. The lowest BCUT2D eigenvalue weighted by Gasteiger charge is -2.18. The number of ether oxygens (including phenoxy) is 1. The number of carbonyl (C=O) groups excluding carboxylic acids is 1. The first kappa shape index (κ1) is 18.5. The van der Waals surface area contributed by atoms with Gasteiger partial charge in [-0.15, -0.1) is 0 Å². The number of rotatable bonds is 6. The number of nitrogens with one attached hydrogen (secondary N) is 2. The van der Waals surface area contributed by atoms with Crippen molar-refractivity contribution >= 4 is 21.7 Å². The average molecular weight is 355 g/mol. The highest BCUT2D eigenvalue weighted by Gasteiger charge is 2.28. The molecule has 7 nitrogen and oxygen atoms in total. The predicted octanol–water partition coefficient (Wildman–Crippen LogP) is 2.40. The molecule has 1 saturated heterocycles. The van der Waals surface area contributed by atoms with E-state index in [-0.39, 0.29) is 10.9 Å². The van der Waals surface area contributed by atoms with E-state index >= 15 is 0 Å². The van der Waals surface area contributed by atoms with Crippen LogP contribution in [0.4, 0.5) is 10.5 Å². The van der Waals surface area contributed by atoms with Gasteiger partial charge in [-0.3, -0.25) is 0 Å². The highest BCUT2D eigenvalue weighted by molar-refractivity contribution is 7.89. The molecule has 134 valence electrons. The number of benzene rings is 1. The molecule has 2 amide bonds. The van der Waals surface area contributed by atoms with E-state index in [0.29, 0.717) is 24.5 Å². The Morgan fingerprint density at radius 1 is 1.33 bits per heavy atom. The van der Waals surface area contributed by atoms with Crippen molar-refractivity contribution < 1.29 is 17.9 Å². The third-order valence-corrected chi connectivity index (χ3v) is 6.01. The first-order chi connectivity index (χ1) is 11.4. The van der Waals surface area contributed by atoms with E-state index in [4.69, 9.17) is 4.74 Å². The Balaban J connectivity index is 2.25. The molecular weight excluding hydrogens is 330 g/mol. The maximum atomic E-state index is 12.7. The third-order valence-electron chi connectivity index (χ3n) is 4.11. The number of carbonyl (C=O) groups is 1. The quantitative estimate of drug-likeness (QED) is 0.820. The Bertz CT molecular complexity index is 685. The molecule has 0 saturated carbocycles. The van der Waals surface area contributed by atoms with E-state index in [9.17, 15) is 13.2 Å². The number of hydrogen-bond donors (Lipinski definition) is 2. The summed E-state index contributed by atoms with van der Waals surface area (Å²) in [6.07, 6.45) is 2.55. The van der Waals surface area contributed by atoms with Crippen LogP contribution >= 0.6 is 0 Å². The van der Waals surface area contributed by atoms with Gasteiger partial charge in [0.1, 0.15) is 5.75 Å². The van der Waals surface area contributed by atoms with Crippen LogP contribution in [0.3, 0.4) is 0 Å². The number of sulfonamides is 1. The molecule has 2 rings (SSSR count). The molecule has 1 aromatic carbocycles. The molecule has 0 aliphatic carbocycles. The van der Waals surface area contributed by atoms with Crippen molar-refractivity contribution in [2.24, 2.45) is 0 Å². The molecular formula is C16H25N3O4S. The van der Waals surface area contributed by atoms with Crippen LogP contribution in [0.1, 0.15) is 33.1 Å². The maximum absolute atomic E-state index is 12.7. The number of anilines is 1. The average Bonchev–Trinajstić information content (AvgIpc) is 3.09. The number of hydrogen-bond acceptors (Lipinski definition) is 4. The molecule has 24 heavy (non-hydrogen) atoms. The number of nitrogens with zero attached hydrogens (tertiary/aromatic N) is 1. The van der Waals surface area contributed by atoms with E-state index in [1.54, 1.807) is 6.07 Å². The first-order valence-electron chi connectivity index (χ1n) is 8.14. The van der Waals surface area contributed by atoms with Crippen molar-refractivity contribution in [2.75, 3.05) is 25.5 Å². The second-order valence-corrected chi connectivity index (χ2v) is 7.82. The van der Waals surface area contributed by atoms with Crippen LogP contribution in [0, 0.1) is 0 Å². The number of amides is 2. The molecule has 0 radical (unpaired) electrons. The topological polar surface area (TPSA) is 87.7 Å². The second-order valence-electron chi connectivity index (χ2n) is 5.88. The van der Waals surface area contributed by atoms with Crippen molar-refractivity contribution in [3.05, 3.63) is 18.2 Å². The van der Waals surface area contributed by atoms with E-state index < -0.39 is 16.1 Å². The van der Waals surface area contributed by atoms with Gasteiger partial charge in [-0.25, -0.2) is 13.2 Å². The van der Waals surface area contributed by atoms with Gasteiger partial charge in [-0.05, 0) is 44.4 Å². The van der Waals surface area contributed by atoms with Gasteiger partial charge in [0.05, 0.1) is 17.7 Å². The molecule has 2 N–H and O–H groups in total. The fourth-order valence-corrected chi connectivity index (χ4v) is 4.05. The molecule has 1 fully saturated rings. The molecule has 0 spiro atoms. The van der Waals surface area contributed by atoms with E-state index in [0.717, 1.165) is 19.3 Å². The zero-order valence-corrected chi connectivity index (χ0v) is 15.1. The van der Waals surface area contributed by atoms with Crippen LogP contribution in [0.25, 0.3) is 0 Å². The molecule has 0 bridgehead atoms. The summed E-state index contributed by atoms with van der Waals surface area (Å²) < 4.78 is 32.0. The summed E-state index contributed by atoms with van der Waals surface area (Å²) in [6, 6.07) is 4.14. The highest BCUT2D eigenvalue weighted by Crippen LogP contribution is 2.30. The van der Waals surface area contributed by atoms with Crippen molar-refractivity contribution in [1.29, 1.82) is 0 Å². The Labute approximate surface area is 143 Å². The fourth-order valence-electron chi connectivity index (χ4n) is 2.51. The summed E-state index contributed by atoms with van der Waals surface area (Å²) in [5, 5.41) is 5.45. The van der Waals surface area contributed by atoms with Gasteiger partial charge in [-0.1, -0.05) is 6.92 Å². The van der Waals surface area contributed by atoms with Gasteiger partial charge >= 0.3 is 6.03 Å². The van der Waals surface area contributed by atoms with Crippen molar-refractivity contribution in [2.45, 2.75) is 44.0 Å². The molecule has 0 aromatic heterocycles. The minimum Gasteiger partial charge on any atom is -0.495 e. The lowest BCUT2D eigenvalue weighted by Crippen LogP contribution is -2.35. The van der Waals surface area contributed by atoms with Crippen molar-refractivity contribution in [1.82, 2.24) is 9.62 Å². The zero-order valence-electron chi connectivity index (χ0n) is 14.3. The number of methoxy groups -OCH3 is 1. The molecule has 1 unspecified atom stereocenters. The third kappa shape index (κ3) is 4.18. The fraction of sp³-hybridized carbons (Fsp3) is 0.562. The van der Waals surface area contributed by atoms with E-state index in [1.165, 1.54) is 23.5 Å². The Morgan fingerprint density at radius 3 is 2.58 bits per heavy atom. The van der Waals surface area contributed by atoms with E-state index in [1.807, 2.05) is 13.8 Å². The maximum Gasteiger partial charge on any atom is 0.319 e. The van der Waals surface area contributed by atoms with Crippen LogP contribution in [0.15, 0.2) is 23.1 Å². The Hall–Kier alpha value is -1.80.